The van der Waals surface area contributed by atoms with Crippen LogP contribution in [-0.2, 0) is 0 Å². The molecule has 0 aliphatic heterocycles. The van der Waals surface area contributed by atoms with Crippen LogP contribution in [0.3, 0.4) is 0 Å². The molecule has 0 aliphatic carbocycles. The first-order chi connectivity index (χ1) is 12.2. The van der Waals surface area contributed by atoms with Gasteiger partial charge in [0.2, 0.25) is 0 Å². The fourth-order valence-corrected chi connectivity index (χ4v) is 2.41. The van der Waals surface area contributed by atoms with E-state index in [-0.39, 0.29) is 11.8 Å². The van der Waals surface area contributed by atoms with E-state index in [2.05, 4.69) is 0 Å². The van der Waals surface area contributed by atoms with Crippen molar-refractivity contribution in [2.24, 2.45) is 0 Å². The molecule has 138 valence electrons. The highest BCUT2D eigenvalue weighted by molar-refractivity contribution is 7.99. The molecule has 0 unspecified atom stereocenters. The van der Waals surface area contributed by atoms with Crippen LogP contribution < -0.4 is 10.6 Å². The number of alkyl halides is 2. The number of hydrogen-bond donors (Lipinski definition) is 2. The Balaban J connectivity index is 2.14. The summed E-state index contributed by atoms with van der Waals surface area (Å²) in [6.07, 6.45) is 0. The van der Waals surface area contributed by atoms with Crippen molar-refractivity contribution in [3.05, 3.63) is 59.2 Å². The summed E-state index contributed by atoms with van der Waals surface area (Å²) in [6, 6.07) is 2.15. The molecule has 0 heterocycles. The predicted molar refractivity (Wildman–Crippen MR) is 81.1 cm³/mol. The average molecular weight is 394 g/mol. The maximum absolute atomic E-state index is 13.8. The fraction of sp³-hybridized carbons (Fsp3) is 0.0667. The first-order valence-corrected chi connectivity index (χ1v) is 7.57. The molecule has 2 aromatic carbocycles. The molecular weight excluding hydrogens is 386 g/mol. The monoisotopic (exact) mass is 394 g/mol. The third-order valence-corrected chi connectivity index (χ3v) is 3.58. The highest BCUT2D eigenvalue weighted by Crippen LogP contribution is 2.30. The molecule has 0 fully saturated rings. The Labute approximate surface area is 146 Å². The first kappa shape index (κ1) is 19.6. The number of thioether (sulfide) groups is 1. The Bertz CT molecular complexity index is 819. The summed E-state index contributed by atoms with van der Waals surface area (Å²) in [5.41, 5.74) is -2.09. The van der Waals surface area contributed by atoms with Crippen LogP contribution in [0.25, 0.3) is 0 Å². The van der Waals surface area contributed by atoms with E-state index in [1.807, 2.05) is 0 Å². The van der Waals surface area contributed by atoms with E-state index in [1.54, 1.807) is 5.32 Å². The molecule has 0 atom stereocenters. The number of urea groups is 1. The SMILES string of the molecule is O=C(NC(=O)c1c(F)cccc1F)Nc1c(F)cc(SC(F)F)cc1F. The number of rotatable bonds is 4. The Hall–Kier alpha value is -2.69. The Morgan fingerprint density at radius 1 is 0.923 bits per heavy atom. The molecule has 2 rings (SSSR count). The largest absolute Gasteiger partial charge is 0.326 e. The predicted octanol–water partition coefficient (Wildman–Crippen LogP) is 4.52. The van der Waals surface area contributed by atoms with Gasteiger partial charge in [-0.25, -0.2) is 22.4 Å². The van der Waals surface area contributed by atoms with E-state index in [0.29, 0.717) is 12.1 Å². The van der Waals surface area contributed by atoms with Gasteiger partial charge in [0, 0.05) is 4.90 Å². The number of amides is 3. The van der Waals surface area contributed by atoms with E-state index in [0.717, 1.165) is 18.2 Å². The van der Waals surface area contributed by atoms with Crippen LogP contribution in [0.1, 0.15) is 10.4 Å². The quantitative estimate of drug-likeness (QED) is 0.592. The molecule has 0 radical (unpaired) electrons. The number of carbonyl (C=O) groups is 2. The zero-order chi connectivity index (χ0) is 19.4. The van der Waals surface area contributed by atoms with Crippen molar-refractivity contribution in [2.75, 3.05) is 5.32 Å². The summed E-state index contributed by atoms with van der Waals surface area (Å²) >= 11 is -0.114. The maximum atomic E-state index is 13.8. The number of anilines is 1. The zero-order valence-corrected chi connectivity index (χ0v) is 13.3. The van der Waals surface area contributed by atoms with Gasteiger partial charge >= 0.3 is 6.03 Å². The molecule has 0 aromatic heterocycles. The molecule has 0 saturated heterocycles. The molecule has 26 heavy (non-hydrogen) atoms. The van der Waals surface area contributed by atoms with E-state index < -0.39 is 57.1 Å². The minimum atomic E-state index is -2.91. The standard InChI is InChI=1S/C15H8F6N2O2S/c16-7-2-1-3-8(17)11(7)13(24)23-15(25)22-12-9(18)4-6(5-10(12)19)26-14(20)21/h1-5,14H,(H2,22,23,24,25). The minimum absolute atomic E-state index is 0.114. The number of halogens is 6. The number of hydrogen-bond acceptors (Lipinski definition) is 3. The minimum Gasteiger partial charge on any atom is -0.302 e. The van der Waals surface area contributed by atoms with Gasteiger partial charge in [-0.1, -0.05) is 17.8 Å². The second-order valence-electron chi connectivity index (χ2n) is 4.65. The van der Waals surface area contributed by atoms with E-state index in [9.17, 15) is 35.9 Å². The van der Waals surface area contributed by atoms with Crippen molar-refractivity contribution in [1.29, 1.82) is 0 Å². The molecule has 0 saturated carbocycles. The van der Waals surface area contributed by atoms with Crippen LogP contribution in [0, 0.1) is 23.3 Å². The molecule has 2 N–H and O–H groups in total. The van der Waals surface area contributed by atoms with Gasteiger partial charge in [0.05, 0.1) is 0 Å². The maximum Gasteiger partial charge on any atom is 0.326 e. The first-order valence-electron chi connectivity index (χ1n) is 6.69. The third-order valence-electron chi connectivity index (χ3n) is 2.90. The Kier molecular flexibility index (Phi) is 6.14. The number of imide groups is 1. The molecule has 0 spiro atoms. The van der Waals surface area contributed by atoms with Crippen LogP contribution in [0.5, 0.6) is 0 Å². The summed E-state index contributed by atoms with van der Waals surface area (Å²) in [6.45, 7) is 0. The lowest BCUT2D eigenvalue weighted by Gasteiger charge is -2.10. The third kappa shape index (κ3) is 4.69. The molecule has 3 amide bonds. The van der Waals surface area contributed by atoms with Crippen LogP contribution in [0.15, 0.2) is 35.2 Å². The van der Waals surface area contributed by atoms with Crippen LogP contribution >= 0.6 is 11.8 Å². The lowest BCUT2D eigenvalue weighted by Crippen LogP contribution is -2.35. The summed E-state index contributed by atoms with van der Waals surface area (Å²) in [5, 5.41) is 3.14. The lowest BCUT2D eigenvalue weighted by molar-refractivity contribution is 0.0959. The van der Waals surface area contributed by atoms with Gasteiger partial charge in [0.1, 0.15) is 22.9 Å². The molecule has 2 aromatic rings. The number of nitrogens with one attached hydrogen (secondary N) is 2. The van der Waals surface area contributed by atoms with Gasteiger partial charge in [-0.2, -0.15) is 8.78 Å². The summed E-state index contributed by atoms with van der Waals surface area (Å²) < 4.78 is 78.8. The highest BCUT2D eigenvalue weighted by atomic mass is 32.2. The normalized spacial score (nSPS) is 10.7. The number of benzene rings is 2. The molecule has 0 bridgehead atoms. The van der Waals surface area contributed by atoms with Crippen molar-refractivity contribution >= 4 is 29.4 Å². The fourth-order valence-electron chi connectivity index (χ4n) is 1.87. The van der Waals surface area contributed by atoms with Crippen LogP contribution in [0.2, 0.25) is 0 Å². The smallest absolute Gasteiger partial charge is 0.302 e. The van der Waals surface area contributed by atoms with Crippen molar-refractivity contribution in [3.63, 3.8) is 0 Å². The molecule has 0 aliphatic rings. The molecule has 4 nitrogen and oxygen atoms in total. The average Bonchev–Trinajstić information content (AvgIpc) is 2.50. The van der Waals surface area contributed by atoms with Crippen molar-refractivity contribution in [1.82, 2.24) is 5.32 Å². The zero-order valence-electron chi connectivity index (χ0n) is 12.5. The second-order valence-corrected chi connectivity index (χ2v) is 5.71. The summed E-state index contributed by atoms with van der Waals surface area (Å²) in [7, 11) is 0. The van der Waals surface area contributed by atoms with Gasteiger partial charge in [0.25, 0.3) is 11.7 Å². The summed E-state index contributed by atoms with van der Waals surface area (Å²) in [4.78, 5) is 22.9. The van der Waals surface area contributed by atoms with Crippen LogP contribution in [-0.4, -0.2) is 17.7 Å². The number of carbonyl (C=O) groups excluding carboxylic acids is 2. The van der Waals surface area contributed by atoms with Gasteiger partial charge < -0.3 is 5.32 Å². The van der Waals surface area contributed by atoms with Crippen molar-refractivity contribution < 1.29 is 35.9 Å². The van der Waals surface area contributed by atoms with E-state index in [1.165, 1.54) is 5.32 Å². The Morgan fingerprint density at radius 2 is 1.46 bits per heavy atom. The lowest BCUT2D eigenvalue weighted by atomic mass is 10.2. The van der Waals surface area contributed by atoms with E-state index >= 15 is 0 Å². The van der Waals surface area contributed by atoms with Gasteiger partial charge in [-0.3, -0.25) is 10.1 Å². The van der Waals surface area contributed by atoms with Crippen molar-refractivity contribution in [3.8, 4) is 0 Å². The summed E-state index contributed by atoms with van der Waals surface area (Å²) in [5.74, 6) is -9.66. The second kappa shape index (κ2) is 8.13. The van der Waals surface area contributed by atoms with Gasteiger partial charge in [-0.15, -0.1) is 0 Å². The van der Waals surface area contributed by atoms with Gasteiger partial charge in [0.15, 0.2) is 11.6 Å². The van der Waals surface area contributed by atoms with Crippen LogP contribution in [0.4, 0.5) is 36.8 Å². The van der Waals surface area contributed by atoms with Crippen molar-refractivity contribution in [2.45, 2.75) is 10.7 Å². The highest BCUT2D eigenvalue weighted by Gasteiger charge is 2.21. The molecular formula is C15H8F6N2O2S. The van der Waals surface area contributed by atoms with E-state index in [4.69, 9.17) is 0 Å². The Morgan fingerprint density at radius 3 is 1.96 bits per heavy atom. The topological polar surface area (TPSA) is 58.2 Å². The van der Waals surface area contributed by atoms with Gasteiger partial charge in [-0.05, 0) is 24.3 Å². The molecule has 11 heteroatoms.